The van der Waals surface area contributed by atoms with Gasteiger partial charge in [-0.3, -0.25) is 4.79 Å². The van der Waals surface area contributed by atoms with Crippen LogP contribution in [0.25, 0.3) is 0 Å². The minimum Gasteiger partial charge on any atom is -0.469 e. The van der Waals surface area contributed by atoms with E-state index in [0.717, 1.165) is 18.4 Å². The number of alkyl halides is 1. The summed E-state index contributed by atoms with van der Waals surface area (Å²) in [7, 11) is 1.41. The second-order valence-electron chi connectivity index (χ2n) is 4.42. The van der Waals surface area contributed by atoms with Gasteiger partial charge in [0.05, 0.1) is 13.0 Å². The predicted molar refractivity (Wildman–Crippen MR) is 76.5 cm³/mol. The van der Waals surface area contributed by atoms with Crippen LogP contribution in [0.3, 0.4) is 0 Å². The molecule has 2 N–H and O–H groups in total. The number of methoxy groups -OCH3 is 1. The Morgan fingerprint density at radius 1 is 1.33 bits per heavy atom. The Balaban J connectivity index is 2.79. The van der Waals surface area contributed by atoms with Crippen LogP contribution in [0.5, 0.6) is 0 Å². The van der Waals surface area contributed by atoms with E-state index in [1.807, 2.05) is 30.3 Å². The van der Waals surface area contributed by atoms with Crippen LogP contribution in [-0.4, -0.2) is 17.9 Å². The molecular formula is C14H20BrNO2. The molecule has 0 bridgehead atoms. The molecule has 1 aromatic rings. The minimum absolute atomic E-state index is 0.237. The Morgan fingerprint density at radius 2 is 1.94 bits per heavy atom. The highest BCUT2D eigenvalue weighted by Gasteiger charge is 2.27. The summed E-state index contributed by atoms with van der Waals surface area (Å²) >= 11 is 3.49. The largest absolute Gasteiger partial charge is 0.469 e. The third kappa shape index (κ3) is 4.42. The number of benzene rings is 1. The van der Waals surface area contributed by atoms with Crippen molar-refractivity contribution >= 4 is 21.9 Å². The molecule has 4 heteroatoms. The maximum atomic E-state index is 11.8. The van der Waals surface area contributed by atoms with Crippen LogP contribution in [-0.2, 0) is 9.53 Å². The van der Waals surface area contributed by atoms with Crippen LogP contribution < -0.4 is 5.73 Å². The molecule has 1 rings (SSSR count). The van der Waals surface area contributed by atoms with E-state index >= 15 is 0 Å². The minimum atomic E-state index is -0.315. The van der Waals surface area contributed by atoms with Gasteiger partial charge in [-0.25, -0.2) is 0 Å². The van der Waals surface area contributed by atoms with Gasteiger partial charge in [0, 0.05) is 10.9 Å². The molecule has 0 amide bonds. The van der Waals surface area contributed by atoms with Gasteiger partial charge in [-0.1, -0.05) is 53.2 Å². The fourth-order valence-corrected chi connectivity index (χ4v) is 2.18. The SMILES string of the molecule is COC(=O)[C@@H](CC[C@H](C)Br)C(N)c1ccccc1. The molecule has 0 radical (unpaired) electrons. The summed E-state index contributed by atoms with van der Waals surface area (Å²) in [6.07, 6.45) is 1.61. The molecule has 0 aliphatic carbocycles. The molecule has 18 heavy (non-hydrogen) atoms. The molecule has 0 saturated carbocycles. The first-order valence-corrected chi connectivity index (χ1v) is 7.00. The van der Waals surface area contributed by atoms with Gasteiger partial charge in [0.25, 0.3) is 0 Å². The first-order valence-electron chi connectivity index (χ1n) is 6.08. The van der Waals surface area contributed by atoms with Gasteiger partial charge in [0.2, 0.25) is 0 Å². The number of carbonyl (C=O) groups is 1. The van der Waals surface area contributed by atoms with Crippen LogP contribution in [0, 0.1) is 5.92 Å². The number of hydrogen-bond donors (Lipinski definition) is 1. The van der Waals surface area contributed by atoms with E-state index in [1.54, 1.807) is 0 Å². The third-order valence-electron chi connectivity index (χ3n) is 3.00. The highest BCUT2D eigenvalue weighted by atomic mass is 79.9. The van der Waals surface area contributed by atoms with E-state index in [4.69, 9.17) is 10.5 Å². The molecule has 0 saturated heterocycles. The second-order valence-corrected chi connectivity index (χ2v) is 5.99. The zero-order valence-corrected chi connectivity index (χ0v) is 12.4. The Labute approximate surface area is 117 Å². The topological polar surface area (TPSA) is 52.3 Å². The quantitative estimate of drug-likeness (QED) is 0.648. The Morgan fingerprint density at radius 3 is 2.44 bits per heavy atom. The van der Waals surface area contributed by atoms with Gasteiger partial charge < -0.3 is 10.5 Å². The molecule has 0 fully saturated rings. The molecule has 0 spiro atoms. The average molecular weight is 314 g/mol. The van der Waals surface area contributed by atoms with E-state index < -0.39 is 0 Å². The summed E-state index contributed by atoms with van der Waals surface area (Å²) in [6, 6.07) is 9.36. The lowest BCUT2D eigenvalue weighted by atomic mass is 9.89. The Hall–Kier alpha value is -0.870. The number of carbonyl (C=O) groups excluding carboxylic acids is 1. The van der Waals surface area contributed by atoms with E-state index in [0.29, 0.717) is 4.83 Å². The molecule has 1 unspecified atom stereocenters. The third-order valence-corrected chi connectivity index (χ3v) is 3.46. The Bertz CT molecular complexity index is 367. The Kier molecular flexibility index (Phi) is 6.36. The lowest BCUT2D eigenvalue weighted by Crippen LogP contribution is -2.29. The standard InChI is InChI=1S/C14H20BrNO2/c1-10(15)8-9-12(14(17)18-2)13(16)11-6-4-3-5-7-11/h3-7,10,12-13H,8-9,16H2,1-2H3/t10-,12-,13?/m0/s1. The second kappa shape index (κ2) is 7.54. The fourth-order valence-electron chi connectivity index (χ4n) is 1.91. The van der Waals surface area contributed by atoms with Crippen molar-refractivity contribution in [3.05, 3.63) is 35.9 Å². The first-order chi connectivity index (χ1) is 8.56. The van der Waals surface area contributed by atoms with Gasteiger partial charge in [0.15, 0.2) is 0 Å². The lowest BCUT2D eigenvalue weighted by Gasteiger charge is -2.22. The van der Waals surface area contributed by atoms with Crippen molar-refractivity contribution in [2.24, 2.45) is 11.7 Å². The molecule has 0 aliphatic heterocycles. The van der Waals surface area contributed by atoms with Crippen molar-refractivity contribution in [2.45, 2.75) is 30.6 Å². The van der Waals surface area contributed by atoms with Crippen LogP contribution >= 0.6 is 15.9 Å². The zero-order valence-electron chi connectivity index (χ0n) is 10.8. The summed E-state index contributed by atoms with van der Waals surface area (Å²) in [5, 5.41) is 0. The number of esters is 1. The van der Waals surface area contributed by atoms with Gasteiger partial charge in [0.1, 0.15) is 0 Å². The monoisotopic (exact) mass is 313 g/mol. The van der Waals surface area contributed by atoms with Crippen LogP contribution in [0.2, 0.25) is 0 Å². The first kappa shape index (κ1) is 15.2. The maximum Gasteiger partial charge on any atom is 0.310 e. The van der Waals surface area contributed by atoms with Gasteiger partial charge in [-0.2, -0.15) is 0 Å². The van der Waals surface area contributed by atoms with Crippen molar-refractivity contribution in [3.63, 3.8) is 0 Å². The molecular weight excluding hydrogens is 294 g/mol. The van der Waals surface area contributed by atoms with Crippen molar-refractivity contribution in [3.8, 4) is 0 Å². The van der Waals surface area contributed by atoms with Crippen molar-refractivity contribution in [1.29, 1.82) is 0 Å². The molecule has 0 aliphatic rings. The number of nitrogens with two attached hydrogens (primary N) is 1. The molecule has 3 nitrogen and oxygen atoms in total. The van der Waals surface area contributed by atoms with Gasteiger partial charge in [-0.15, -0.1) is 0 Å². The van der Waals surface area contributed by atoms with E-state index in [1.165, 1.54) is 7.11 Å². The predicted octanol–water partition coefficient (Wildman–Crippen LogP) is 3.04. The van der Waals surface area contributed by atoms with Crippen molar-refractivity contribution < 1.29 is 9.53 Å². The molecule has 0 heterocycles. The summed E-state index contributed by atoms with van der Waals surface area (Å²) in [5.41, 5.74) is 7.15. The van der Waals surface area contributed by atoms with Crippen LogP contribution in [0.1, 0.15) is 31.4 Å². The zero-order chi connectivity index (χ0) is 13.5. The highest BCUT2D eigenvalue weighted by molar-refractivity contribution is 9.09. The van der Waals surface area contributed by atoms with Gasteiger partial charge >= 0.3 is 5.97 Å². The number of ether oxygens (including phenoxy) is 1. The van der Waals surface area contributed by atoms with E-state index in [9.17, 15) is 4.79 Å². The molecule has 0 aromatic heterocycles. The summed E-state index contributed by atoms with van der Waals surface area (Å²) < 4.78 is 4.85. The summed E-state index contributed by atoms with van der Waals surface area (Å²) in [6.45, 7) is 2.06. The normalized spacial score (nSPS) is 15.8. The van der Waals surface area contributed by atoms with Crippen molar-refractivity contribution in [2.75, 3.05) is 7.11 Å². The highest BCUT2D eigenvalue weighted by Crippen LogP contribution is 2.26. The number of halogens is 1. The average Bonchev–Trinajstić information content (AvgIpc) is 2.39. The maximum absolute atomic E-state index is 11.8. The number of rotatable bonds is 6. The molecule has 3 atom stereocenters. The van der Waals surface area contributed by atoms with E-state index in [-0.39, 0.29) is 17.9 Å². The molecule has 100 valence electrons. The lowest BCUT2D eigenvalue weighted by molar-refractivity contribution is -0.146. The summed E-state index contributed by atoms with van der Waals surface area (Å²) in [4.78, 5) is 12.2. The van der Waals surface area contributed by atoms with Gasteiger partial charge in [-0.05, 0) is 18.4 Å². The van der Waals surface area contributed by atoms with Crippen molar-refractivity contribution in [1.82, 2.24) is 0 Å². The fraction of sp³-hybridized carbons (Fsp3) is 0.500. The van der Waals surface area contributed by atoms with E-state index in [2.05, 4.69) is 22.9 Å². The number of hydrogen-bond acceptors (Lipinski definition) is 3. The van der Waals surface area contributed by atoms with Crippen LogP contribution in [0.15, 0.2) is 30.3 Å². The van der Waals surface area contributed by atoms with Crippen LogP contribution in [0.4, 0.5) is 0 Å². The smallest absolute Gasteiger partial charge is 0.310 e. The molecule has 1 aromatic carbocycles. The summed E-state index contributed by atoms with van der Waals surface area (Å²) in [5.74, 6) is -0.531.